The molecule has 1 fully saturated rings. The number of nitrogens with zero attached hydrogens (tertiary/aromatic N) is 2. The van der Waals surface area contributed by atoms with Gasteiger partial charge in [-0.1, -0.05) is 0 Å². The van der Waals surface area contributed by atoms with Crippen LogP contribution in [0, 0.1) is 0 Å². The first-order valence-corrected chi connectivity index (χ1v) is 5.29. The van der Waals surface area contributed by atoms with Gasteiger partial charge in [0.2, 0.25) is 0 Å². The van der Waals surface area contributed by atoms with Gasteiger partial charge in [0.25, 0.3) is 5.91 Å². The fraction of sp³-hybridized carbons (Fsp3) is 0.600. The Morgan fingerprint density at radius 1 is 1.75 bits per heavy atom. The number of aliphatic hydroxyl groups excluding tert-OH is 1. The van der Waals surface area contributed by atoms with Crippen LogP contribution in [0.25, 0.3) is 0 Å². The third-order valence-corrected chi connectivity index (χ3v) is 3.17. The minimum absolute atomic E-state index is 0.0313. The molecule has 6 nitrogen and oxygen atoms in total. The third kappa shape index (κ3) is 1.65. The number of hydrogen-bond acceptors (Lipinski definition) is 4. The van der Waals surface area contributed by atoms with Crippen LogP contribution in [-0.2, 0) is 7.05 Å². The van der Waals surface area contributed by atoms with Gasteiger partial charge in [0.05, 0.1) is 24.0 Å². The van der Waals surface area contributed by atoms with Crippen LogP contribution in [0.4, 0.5) is 5.69 Å². The summed E-state index contributed by atoms with van der Waals surface area (Å²) in [5.41, 5.74) is 5.91. The van der Waals surface area contributed by atoms with Gasteiger partial charge in [0.15, 0.2) is 0 Å². The van der Waals surface area contributed by atoms with Crippen LogP contribution in [0.1, 0.15) is 29.8 Å². The zero-order valence-electron chi connectivity index (χ0n) is 9.23. The van der Waals surface area contributed by atoms with Crippen molar-refractivity contribution in [2.45, 2.75) is 24.8 Å². The standard InChI is InChI=1S/C10H16N4O2/c1-14-8(7(11)5-12-14)9(16)13-10(6-15)3-2-4-10/h5,15H,2-4,6,11H2,1H3,(H,13,16). The summed E-state index contributed by atoms with van der Waals surface area (Å²) in [6.45, 7) is -0.0313. The average molecular weight is 224 g/mol. The Labute approximate surface area is 93.4 Å². The maximum Gasteiger partial charge on any atom is 0.272 e. The second-order valence-corrected chi connectivity index (χ2v) is 4.32. The average Bonchev–Trinajstić information content (AvgIpc) is 2.52. The molecule has 0 spiro atoms. The molecule has 0 saturated heterocycles. The Hall–Kier alpha value is -1.56. The number of nitrogen functional groups attached to an aromatic ring is 1. The van der Waals surface area contributed by atoms with Crippen LogP contribution >= 0.6 is 0 Å². The summed E-state index contributed by atoms with van der Waals surface area (Å²) in [4.78, 5) is 12.0. The zero-order valence-corrected chi connectivity index (χ0v) is 9.23. The van der Waals surface area contributed by atoms with Crippen molar-refractivity contribution in [3.63, 3.8) is 0 Å². The number of carbonyl (C=O) groups excluding carboxylic acids is 1. The molecule has 88 valence electrons. The van der Waals surface area contributed by atoms with Crippen LogP contribution < -0.4 is 11.1 Å². The second-order valence-electron chi connectivity index (χ2n) is 4.32. The van der Waals surface area contributed by atoms with Crippen LogP contribution in [0.15, 0.2) is 6.20 Å². The van der Waals surface area contributed by atoms with E-state index in [0.717, 1.165) is 19.3 Å². The van der Waals surface area contributed by atoms with Crippen molar-refractivity contribution in [3.8, 4) is 0 Å². The first kappa shape index (κ1) is 10.9. The van der Waals surface area contributed by atoms with Crippen LogP contribution in [0.2, 0.25) is 0 Å². The maximum absolute atomic E-state index is 12.0. The lowest BCUT2D eigenvalue weighted by Crippen LogP contribution is -2.56. The number of nitrogens with two attached hydrogens (primary N) is 1. The summed E-state index contributed by atoms with van der Waals surface area (Å²) in [5.74, 6) is -0.272. The lowest BCUT2D eigenvalue weighted by molar-refractivity contribution is 0.0635. The monoisotopic (exact) mass is 224 g/mol. The highest BCUT2D eigenvalue weighted by molar-refractivity contribution is 5.97. The normalized spacial score (nSPS) is 17.9. The van der Waals surface area contributed by atoms with Gasteiger partial charge < -0.3 is 16.2 Å². The molecule has 1 aromatic heterocycles. The Morgan fingerprint density at radius 2 is 2.44 bits per heavy atom. The van der Waals surface area contributed by atoms with Crippen LogP contribution in [0.3, 0.4) is 0 Å². The van der Waals surface area contributed by atoms with Crippen LogP contribution in [-0.4, -0.2) is 32.9 Å². The molecule has 0 atom stereocenters. The Balaban J connectivity index is 2.14. The van der Waals surface area contributed by atoms with E-state index in [4.69, 9.17) is 5.73 Å². The topological polar surface area (TPSA) is 93.2 Å². The summed E-state index contributed by atoms with van der Waals surface area (Å²) < 4.78 is 1.44. The molecule has 0 aliphatic heterocycles. The highest BCUT2D eigenvalue weighted by Crippen LogP contribution is 2.31. The van der Waals surface area contributed by atoms with Gasteiger partial charge in [0.1, 0.15) is 5.69 Å². The van der Waals surface area contributed by atoms with Crippen LogP contribution in [0.5, 0.6) is 0 Å². The number of carbonyl (C=O) groups is 1. The summed E-state index contributed by atoms with van der Waals surface area (Å²) in [5, 5.41) is 16.0. The third-order valence-electron chi connectivity index (χ3n) is 3.17. The Kier molecular flexibility index (Phi) is 2.59. The van der Waals surface area contributed by atoms with E-state index in [9.17, 15) is 9.90 Å². The van der Waals surface area contributed by atoms with Crippen molar-refractivity contribution in [1.82, 2.24) is 15.1 Å². The molecule has 16 heavy (non-hydrogen) atoms. The number of amides is 1. The second kappa shape index (κ2) is 3.79. The summed E-state index contributed by atoms with van der Waals surface area (Å²) in [6, 6.07) is 0. The van der Waals surface area contributed by atoms with Gasteiger partial charge >= 0.3 is 0 Å². The highest BCUT2D eigenvalue weighted by atomic mass is 16.3. The number of aryl methyl sites for hydroxylation is 1. The molecule has 1 heterocycles. The van der Waals surface area contributed by atoms with Gasteiger partial charge in [-0.25, -0.2) is 0 Å². The highest BCUT2D eigenvalue weighted by Gasteiger charge is 2.38. The molecule has 0 radical (unpaired) electrons. The van der Waals surface area contributed by atoms with E-state index in [2.05, 4.69) is 10.4 Å². The predicted octanol–water partition coefficient (Wildman–Crippen LogP) is -0.353. The number of anilines is 1. The zero-order chi connectivity index (χ0) is 11.8. The number of rotatable bonds is 3. The van der Waals surface area contributed by atoms with Crippen molar-refractivity contribution in [1.29, 1.82) is 0 Å². The molecule has 1 saturated carbocycles. The number of aromatic nitrogens is 2. The molecule has 0 aromatic carbocycles. The smallest absolute Gasteiger partial charge is 0.272 e. The van der Waals surface area contributed by atoms with Gasteiger partial charge in [-0.15, -0.1) is 0 Å². The summed E-state index contributed by atoms with van der Waals surface area (Å²) in [6.07, 6.45) is 4.10. The fourth-order valence-corrected chi connectivity index (χ4v) is 1.96. The van der Waals surface area contributed by atoms with E-state index in [1.807, 2.05) is 0 Å². The van der Waals surface area contributed by atoms with Gasteiger partial charge in [0, 0.05) is 7.05 Å². The molecule has 2 rings (SSSR count). The molecule has 6 heteroatoms. The van der Waals surface area contributed by atoms with Gasteiger partial charge in [-0.2, -0.15) is 5.10 Å². The molecule has 0 bridgehead atoms. The largest absolute Gasteiger partial charge is 0.396 e. The minimum Gasteiger partial charge on any atom is -0.396 e. The Morgan fingerprint density at radius 3 is 2.81 bits per heavy atom. The van der Waals surface area contributed by atoms with E-state index in [0.29, 0.717) is 11.4 Å². The van der Waals surface area contributed by atoms with E-state index in [1.165, 1.54) is 10.9 Å². The van der Waals surface area contributed by atoms with Gasteiger partial charge in [-0.05, 0) is 19.3 Å². The lowest BCUT2D eigenvalue weighted by Gasteiger charge is -2.40. The number of aliphatic hydroxyl groups is 1. The van der Waals surface area contributed by atoms with E-state index in [1.54, 1.807) is 7.05 Å². The molecule has 1 aromatic rings. The number of hydrogen-bond donors (Lipinski definition) is 3. The van der Waals surface area contributed by atoms with Crippen molar-refractivity contribution >= 4 is 11.6 Å². The Bertz CT molecular complexity index is 384. The van der Waals surface area contributed by atoms with Crippen molar-refractivity contribution in [2.75, 3.05) is 12.3 Å². The minimum atomic E-state index is -0.451. The summed E-state index contributed by atoms with van der Waals surface area (Å²) in [7, 11) is 1.66. The summed E-state index contributed by atoms with van der Waals surface area (Å²) >= 11 is 0. The molecular weight excluding hydrogens is 208 g/mol. The molecular formula is C10H16N4O2. The van der Waals surface area contributed by atoms with E-state index < -0.39 is 5.54 Å². The molecule has 1 aliphatic carbocycles. The quantitative estimate of drug-likeness (QED) is 0.654. The molecule has 0 unspecified atom stereocenters. The SMILES string of the molecule is Cn1ncc(N)c1C(=O)NC1(CO)CCC1. The first-order chi connectivity index (χ1) is 7.58. The van der Waals surface area contributed by atoms with E-state index >= 15 is 0 Å². The predicted molar refractivity (Wildman–Crippen MR) is 58.8 cm³/mol. The maximum atomic E-state index is 12.0. The lowest BCUT2D eigenvalue weighted by atomic mass is 9.77. The van der Waals surface area contributed by atoms with Crippen molar-refractivity contribution < 1.29 is 9.90 Å². The first-order valence-electron chi connectivity index (χ1n) is 5.29. The molecule has 1 amide bonds. The van der Waals surface area contributed by atoms with Crippen molar-refractivity contribution in [3.05, 3.63) is 11.9 Å². The van der Waals surface area contributed by atoms with Gasteiger partial charge in [-0.3, -0.25) is 9.48 Å². The molecule has 1 aliphatic rings. The fourth-order valence-electron chi connectivity index (χ4n) is 1.96. The van der Waals surface area contributed by atoms with E-state index in [-0.39, 0.29) is 12.5 Å². The number of nitrogens with one attached hydrogen (secondary N) is 1. The molecule has 4 N–H and O–H groups in total. The van der Waals surface area contributed by atoms with Crippen molar-refractivity contribution in [2.24, 2.45) is 7.05 Å².